The average molecular weight is 273 g/mol. The maximum absolute atomic E-state index is 6.26. The van der Waals surface area contributed by atoms with Crippen molar-refractivity contribution in [2.45, 2.75) is 17.9 Å². The molecule has 0 fully saturated rings. The molecule has 1 atom stereocenters. The molecule has 0 aliphatic heterocycles. The van der Waals surface area contributed by atoms with Crippen molar-refractivity contribution in [3.63, 3.8) is 0 Å². The molecule has 2 aromatic carbocycles. The Labute approximate surface area is 119 Å². The molecule has 0 aromatic heterocycles. The number of hydrogen-bond donors (Lipinski definition) is 1. The van der Waals surface area contributed by atoms with Crippen molar-refractivity contribution in [2.75, 3.05) is 12.9 Å². The van der Waals surface area contributed by atoms with E-state index in [0.29, 0.717) is 0 Å². The maximum Gasteiger partial charge on any atom is 0.123 e. The van der Waals surface area contributed by atoms with Crippen LogP contribution in [0.5, 0.6) is 5.75 Å². The van der Waals surface area contributed by atoms with E-state index in [4.69, 9.17) is 10.5 Å². The second kappa shape index (κ2) is 6.64. The predicted molar refractivity (Wildman–Crippen MR) is 81.8 cm³/mol. The zero-order chi connectivity index (χ0) is 13.7. The fourth-order valence-corrected chi connectivity index (χ4v) is 2.95. The van der Waals surface area contributed by atoms with Gasteiger partial charge in [-0.25, -0.2) is 0 Å². The SMILES string of the molecule is COc1ccccc1C(N)CSc1cccc(C)c1. The third kappa shape index (κ3) is 3.75. The first kappa shape index (κ1) is 14.0. The van der Waals surface area contributed by atoms with Crippen LogP contribution >= 0.6 is 11.8 Å². The lowest BCUT2D eigenvalue weighted by molar-refractivity contribution is 0.407. The number of ether oxygens (including phenoxy) is 1. The van der Waals surface area contributed by atoms with Gasteiger partial charge in [0.2, 0.25) is 0 Å². The van der Waals surface area contributed by atoms with Crippen LogP contribution < -0.4 is 10.5 Å². The standard InChI is InChI=1S/C16H19NOS/c1-12-6-5-7-13(10-12)19-11-15(17)14-8-3-4-9-16(14)18-2/h3-10,15H,11,17H2,1-2H3. The predicted octanol–water partition coefficient (Wildman–Crippen LogP) is 3.80. The van der Waals surface area contributed by atoms with E-state index in [1.807, 2.05) is 24.3 Å². The van der Waals surface area contributed by atoms with Gasteiger partial charge in [-0.1, -0.05) is 35.9 Å². The minimum absolute atomic E-state index is 0.0262. The Balaban J connectivity index is 2.03. The summed E-state index contributed by atoms with van der Waals surface area (Å²) in [4.78, 5) is 1.25. The summed E-state index contributed by atoms with van der Waals surface area (Å²) in [5.41, 5.74) is 8.59. The van der Waals surface area contributed by atoms with Gasteiger partial charge in [0.1, 0.15) is 5.75 Å². The lowest BCUT2D eigenvalue weighted by Crippen LogP contribution is -2.14. The molecule has 2 N–H and O–H groups in total. The normalized spacial score (nSPS) is 12.2. The van der Waals surface area contributed by atoms with E-state index in [-0.39, 0.29) is 6.04 Å². The number of nitrogens with two attached hydrogens (primary N) is 1. The Hall–Kier alpha value is -1.45. The van der Waals surface area contributed by atoms with Crippen LogP contribution in [0.1, 0.15) is 17.2 Å². The first-order valence-electron chi connectivity index (χ1n) is 6.28. The largest absolute Gasteiger partial charge is 0.496 e. The average Bonchev–Trinajstić information content (AvgIpc) is 2.45. The summed E-state index contributed by atoms with van der Waals surface area (Å²) in [6.07, 6.45) is 0. The molecule has 0 bridgehead atoms. The van der Waals surface area contributed by atoms with Crippen molar-refractivity contribution in [3.8, 4) is 5.75 Å². The molecule has 3 heteroatoms. The number of para-hydroxylation sites is 1. The van der Waals surface area contributed by atoms with Crippen molar-refractivity contribution in [3.05, 3.63) is 59.7 Å². The monoisotopic (exact) mass is 273 g/mol. The van der Waals surface area contributed by atoms with Crippen molar-refractivity contribution < 1.29 is 4.74 Å². The highest BCUT2D eigenvalue weighted by Crippen LogP contribution is 2.28. The van der Waals surface area contributed by atoms with Crippen molar-refractivity contribution in [1.29, 1.82) is 0 Å². The first-order chi connectivity index (χ1) is 9.20. The summed E-state index contributed by atoms with van der Waals surface area (Å²) in [6.45, 7) is 2.10. The minimum atomic E-state index is -0.0262. The first-order valence-corrected chi connectivity index (χ1v) is 7.27. The van der Waals surface area contributed by atoms with Crippen molar-refractivity contribution >= 4 is 11.8 Å². The fourth-order valence-electron chi connectivity index (χ4n) is 1.95. The van der Waals surface area contributed by atoms with E-state index >= 15 is 0 Å². The molecule has 0 saturated heterocycles. The van der Waals surface area contributed by atoms with Gasteiger partial charge in [-0.2, -0.15) is 0 Å². The van der Waals surface area contributed by atoms with Gasteiger partial charge in [0, 0.05) is 22.3 Å². The molecular formula is C16H19NOS. The molecule has 0 spiro atoms. The van der Waals surface area contributed by atoms with Gasteiger partial charge in [0.05, 0.1) is 7.11 Å². The highest BCUT2D eigenvalue weighted by molar-refractivity contribution is 7.99. The van der Waals surface area contributed by atoms with E-state index in [9.17, 15) is 0 Å². The summed E-state index contributed by atoms with van der Waals surface area (Å²) in [6, 6.07) is 16.4. The number of rotatable bonds is 5. The van der Waals surface area contributed by atoms with Gasteiger partial charge in [-0.05, 0) is 25.1 Å². The summed E-state index contributed by atoms with van der Waals surface area (Å²) in [5, 5.41) is 0. The van der Waals surface area contributed by atoms with Crippen LogP contribution in [0, 0.1) is 6.92 Å². The van der Waals surface area contributed by atoms with Gasteiger partial charge < -0.3 is 10.5 Å². The molecule has 0 saturated carbocycles. The highest BCUT2D eigenvalue weighted by Gasteiger charge is 2.11. The quantitative estimate of drug-likeness (QED) is 0.842. The van der Waals surface area contributed by atoms with Crippen LogP contribution in [0.2, 0.25) is 0 Å². The van der Waals surface area contributed by atoms with Crippen LogP contribution in [0.3, 0.4) is 0 Å². The smallest absolute Gasteiger partial charge is 0.123 e. The van der Waals surface area contributed by atoms with Gasteiger partial charge >= 0.3 is 0 Å². The van der Waals surface area contributed by atoms with Crippen LogP contribution in [0.15, 0.2) is 53.4 Å². The molecular weight excluding hydrogens is 254 g/mol. The topological polar surface area (TPSA) is 35.2 Å². The molecule has 19 heavy (non-hydrogen) atoms. The molecule has 0 amide bonds. The van der Waals surface area contributed by atoms with Gasteiger partial charge in [0.25, 0.3) is 0 Å². The molecule has 0 aliphatic carbocycles. The molecule has 1 unspecified atom stereocenters. The Bertz CT molecular complexity index is 542. The van der Waals surface area contributed by atoms with E-state index in [1.54, 1.807) is 18.9 Å². The van der Waals surface area contributed by atoms with Gasteiger partial charge in [0.15, 0.2) is 0 Å². The molecule has 2 rings (SSSR count). The molecule has 100 valence electrons. The van der Waals surface area contributed by atoms with Crippen molar-refractivity contribution in [1.82, 2.24) is 0 Å². The number of aryl methyl sites for hydroxylation is 1. The zero-order valence-corrected chi connectivity index (χ0v) is 12.1. The molecule has 0 aliphatic rings. The van der Waals surface area contributed by atoms with Crippen LogP contribution in [0.4, 0.5) is 0 Å². The van der Waals surface area contributed by atoms with Gasteiger partial charge in [-0.15, -0.1) is 11.8 Å². The lowest BCUT2D eigenvalue weighted by Gasteiger charge is -2.15. The second-order valence-electron chi connectivity index (χ2n) is 4.48. The molecule has 2 aromatic rings. The van der Waals surface area contributed by atoms with E-state index in [1.165, 1.54) is 10.5 Å². The second-order valence-corrected chi connectivity index (χ2v) is 5.57. The van der Waals surface area contributed by atoms with E-state index in [0.717, 1.165) is 17.1 Å². The Morgan fingerprint density at radius 3 is 2.68 bits per heavy atom. The minimum Gasteiger partial charge on any atom is -0.496 e. The van der Waals surface area contributed by atoms with Crippen molar-refractivity contribution in [2.24, 2.45) is 5.73 Å². The third-order valence-corrected chi connectivity index (χ3v) is 4.07. The number of thioether (sulfide) groups is 1. The molecule has 2 nitrogen and oxygen atoms in total. The fraction of sp³-hybridized carbons (Fsp3) is 0.250. The summed E-state index contributed by atoms with van der Waals surface area (Å²) < 4.78 is 5.35. The zero-order valence-electron chi connectivity index (χ0n) is 11.3. The number of benzene rings is 2. The van der Waals surface area contributed by atoms with E-state index < -0.39 is 0 Å². The lowest BCUT2D eigenvalue weighted by atomic mass is 10.1. The molecule has 0 radical (unpaired) electrons. The number of methoxy groups -OCH3 is 1. The third-order valence-electron chi connectivity index (χ3n) is 2.96. The van der Waals surface area contributed by atoms with Crippen LogP contribution in [-0.4, -0.2) is 12.9 Å². The van der Waals surface area contributed by atoms with E-state index in [2.05, 4.69) is 31.2 Å². The van der Waals surface area contributed by atoms with Crippen LogP contribution in [-0.2, 0) is 0 Å². The Morgan fingerprint density at radius 1 is 1.16 bits per heavy atom. The number of hydrogen-bond acceptors (Lipinski definition) is 3. The highest BCUT2D eigenvalue weighted by atomic mass is 32.2. The maximum atomic E-state index is 6.26. The Morgan fingerprint density at radius 2 is 1.95 bits per heavy atom. The summed E-state index contributed by atoms with van der Waals surface area (Å²) >= 11 is 1.78. The summed E-state index contributed by atoms with van der Waals surface area (Å²) in [5.74, 6) is 1.70. The molecule has 0 heterocycles. The summed E-state index contributed by atoms with van der Waals surface area (Å²) in [7, 11) is 1.68. The van der Waals surface area contributed by atoms with Gasteiger partial charge in [-0.3, -0.25) is 0 Å². The van der Waals surface area contributed by atoms with Crippen LogP contribution in [0.25, 0.3) is 0 Å². The Kier molecular flexibility index (Phi) is 4.88.